The van der Waals surface area contributed by atoms with Crippen LogP contribution in [0.1, 0.15) is 38.4 Å². The summed E-state index contributed by atoms with van der Waals surface area (Å²) in [6, 6.07) is 2.25. The summed E-state index contributed by atoms with van der Waals surface area (Å²) in [6.45, 7) is 4.32. The van der Waals surface area contributed by atoms with Crippen LogP contribution >= 0.6 is 0 Å². The first kappa shape index (κ1) is 15.9. The normalized spacial score (nSPS) is 13.3. The van der Waals surface area contributed by atoms with Gasteiger partial charge in [-0.25, -0.2) is 9.50 Å². The highest BCUT2D eigenvalue weighted by Gasteiger charge is 2.14. The number of nitrogens with two attached hydrogens (primary N) is 1. The molecule has 0 spiro atoms. The smallest absolute Gasteiger partial charge is 0.0999 e. The molecule has 0 unspecified atom stereocenters. The number of nitrogens with one attached hydrogen (secondary N) is 1. The summed E-state index contributed by atoms with van der Waals surface area (Å²) >= 11 is 0. The van der Waals surface area contributed by atoms with Crippen molar-refractivity contribution in [3.05, 3.63) is 42.7 Å². The van der Waals surface area contributed by atoms with Crippen LogP contribution in [-0.4, -0.2) is 30.6 Å². The number of nitrogens with zero attached hydrogens (tertiary/aromatic N) is 5. The van der Waals surface area contributed by atoms with E-state index in [1.807, 2.05) is 23.1 Å². The fourth-order valence-corrected chi connectivity index (χ4v) is 2.74. The zero-order chi connectivity index (χ0) is 17.1. The van der Waals surface area contributed by atoms with Crippen LogP contribution in [0, 0.1) is 5.41 Å². The molecule has 0 saturated heterocycles. The Kier molecular flexibility index (Phi) is 4.41. The maximum atomic E-state index is 7.49. The lowest BCUT2D eigenvalue weighted by atomic mass is 10.1. The highest BCUT2D eigenvalue weighted by Crippen LogP contribution is 2.25. The van der Waals surface area contributed by atoms with E-state index in [-0.39, 0.29) is 0 Å². The molecule has 0 aromatic carbocycles. The van der Waals surface area contributed by atoms with Gasteiger partial charge in [0.05, 0.1) is 35.5 Å². The van der Waals surface area contributed by atoms with E-state index in [0.717, 1.165) is 29.6 Å². The third kappa shape index (κ3) is 2.80. The highest BCUT2D eigenvalue weighted by molar-refractivity contribution is 6.07. The van der Waals surface area contributed by atoms with Crippen LogP contribution in [0.5, 0.6) is 0 Å². The van der Waals surface area contributed by atoms with E-state index in [0.29, 0.717) is 17.3 Å². The summed E-state index contributed by atoms with van der Waals surface area (Å²) in [5.41, 5.74) is 9.34. The van der Waals surface area contributed by atoms with Crippen LogP contribution in [0.15, 0.2) is 37.1 Å². The van der Waals surface area contributed by atoms with Crippen molar-refractivity contribution in [2.45, 2.75) is 32.7 Å². The number of fused-ring (bicyclic) bond motifs is 1. The van der Waals surface area contributed by atoms with Crippen LogP contribution in [-0.2, 0) is 0 Å². The Morgan fingerprint density at radius 1 is 1.38 bits per heavy atom. The van der Waals surface area contributed by atoms with Crippen LogP contribution in [0.2, 0.25) is 0 Å². The van der Waals surface area contributed by atoms with Crippen molar-refractivity contribution >= 4 is 17.3 Å². The minimum Gasteiger partial charge on any atom is -0.404 e. The van der Waals surface area contributed by atoms with Crippen molar-refractivity contribution in [3.63, 3.8) is 0 Å². The molecule has 3 rings (SSSR count). The van der Waals surface area contributed by atoms with Gasteiger partial charge >= 0.3 is 0 Å². The lowest BCUT2D eigenvalue weighted by Crippen LogP contribution is -2.04. The second-order valence-electron chi connectivity index (χ2n) is 5.75. The van der Waals surface area contributed by atoms with Gasteiger partial charge in [0.2, 0.25) is 0 Å². The maximum absolute atomic E-state index is 7.49. The van der Waals surface area contributed by atoms with Gasteiger partial charge in [-0.3, -0.25) is 4.68 Å². The van der Waals surface area contributed by atoms with E-state index >= 15 is 0 Å². The fourth-order valence-electron chi connectivity index (χ4n) is 2.74. The van der Waals surface area contributed by atoms with Crippen LogP contribution in [0.25, 0.3) is 22.3 Å². The average Bonchev–Trinajstić information content (AvgIpc) is 3.25. The zero-order valence-corrected chi connectivity index (χ0v) is 13.8. The Labute approximate surface area is 140 Å². The van der Waals surface area contributed by atoms with Gasteiger partial charge in [-0.15, -0.1) is 0 Å². The Morgan fingerprint density at radius 3 is 2.92 bits per heavy atom. The summed E-state index contributed by atoms with van der Waals surface area (Å²) in [5.74, 6) is 0. The predicted octanol–water partition coefficient (Wildman–Crippen LogP) is 2.90. The van der Waals surface area contributed by atoms with E-state index in [9.17, 15) is 0 Å². The Balaban J connectivity index is 2.11. The first-order valence-electron chi connectivity index (χ1n) is 7.99. The molecule has 3 N–H and O–H groups in total. The standard InChI is InChI=1S/C17H21N7/c1-3-4-12(2)23-10-14(9-21-23)17-16-5-6-20-24(16)11-15(22-17)13(7-18)8-19/h5-12,18H,3-4,19H2,1-2H3/b13-8+,18-7?/t12-/m0/s1. The van der Waals surface area contributed by atoms with Gasteiger partial charge in [-0.1, -0.05) is 13.3 Å². The lowest BCUT2D eigenvalue weighted by molar-refractivity contribution is 0.455. The van der Waals surface area contributed by atoms with E-state index in [4.69, 9.17) is 16.1 Å². The third-order valence-corrected chi connectivity index (χ3v) is 4.05. The van der Waals surface area contributed by atoms with Gasteiger partial charge in [0.25, 0.3) is 0 Å². The SMILES string of the molecule is CCC[C@H](C)n1cc(-c2nc(/C(C=N)=C/N)cn3nccc23)cn1. The Hall–Kier alpha value is -2.96. The molecule has 0 fully saturated rings. The molecular formula is C17H21N7. The van der Waals surface area contributed by atoms with Gasteiger partial charge in [-0.2, -0.15) is 10.2 Å². The van der Waals surface area contributed by atoms with Crippen LogP contribution < -0.4 is 5.73 Å². The van der Waals surface area contributed by atoms with E-state index < -0.39 is 0 Å². The minimum absolute atomic E-state index is 0.342. The second-order valence-corrected chi connectivity index (χ2v) is 5.75. The van der Waals surface area contributed by atoms with Crippen molar-refractivity contribution in [2.75, 3.05) is 0 Å². The number of rotatable bonds is 6. The first-order valence-corrected chi connectivity index (χ1v) is 7.99. The molecule has 3 heterocycles. The molecule has 0 radical (unpaired) electrons. The van der Waals surface area contributed by atoms with Gasteiger partial charge in [0.1, 0.15) is 0 Å². The maximum Gasteiger partial charge on any atom is 0.0999 e. The predicted molar refractivity (Wildman–Crippen MR) is 94.8 cm³/mol. The second kappa shape index (κ2) is 6.66. The van der Waals surface area contributed by atoms with Gasteiger partial charge in [0, 0.05) is 35.8 Å². The Bertz CT molecular complexity index is 887. The quantitative estimate of drug-likeness (QED) is 0.681. The van der Waals surface area contributed by atoms with Gasteiger partial charge in [0.15, 0.2) is 0 Å². The molecule has 0 bridgehead atoms. The van der Waals surface area contributed by atoms with Crippen LogP contribution in [0.4, 0.5) is 0 Å². The largest absolute Gasteiger partial charge is 0.404 e. The minimum atomic E-state index is 0.342. The van der Waals surface area contributed by atoms with Crippen LogP contribution in [0.3, 0.4) is 0 Å². The highest BCUT2D eigenvalue weighted by atomic mass is 15.3. The average molecular weight is 323 g/mol. The number of hydrogen-bond donors (Lipinski definition) is 2. The van der Waals surface area contributed by atoms with E-state index in [1.165, 1.54) is 12.4 Å². The molecular weight excluding hydrogens is 302 g/mol. The van der Waals surface area contributed by atoms with Crippen molar-refractivity contribution in [2.24, 2.45) is 5.73 Å². The van der Waals surface area contributed by atoms with E-state index in [1.54, 1.807) is 16.9 Å². The summed E-state index contributed by atoms with van der Waals surface area (Å²) < 4.78 is 3.72. The molecule has 24 heavy (non-hydrogen) atoms. The van der Waals surface area contributed by atoms with Crippen molar-refractivity contribution < 1.29 is 0 Å². The molecule has 0 aliphatic heterocycles. The summed E-state index contributed by atoms with van der Waals surface area (Å²) in [7, 11) is 0. The van der Waals surface area contributed by atoms with E-state index in [2.05, 4.69) is 24.0 Å². The number of aromatic nitrogens is 5. The van der Waals surface area contributed by atoms with Gasteiger partial charge < -0.3 is 11.1 Å². The zero-order valence-electron chi connectivity index (χ0n) is 13.8. The molecule has 124 valence electrons. The molecule has 3 aromatic rings. The molecule has 7 heteroatoms. The molecule has 0 saturated carbocycles. The summed E-state index contributed by atoms with van der Waals surface area (Å²) in [6.07, 6.45) is 12.1. The monoisotopic (exact) mass is 323 g/mol. The number of allylic oxidation sites excluding steroid dienone is 1. The number of hydrogen-bond acceptors (Lipinski definition) is 5. The first-order chi connectivity index (χ1) is 11.7. The summed E-state index contributed by atoms with van der Waals surface area (Å²) in [5, 5.41) is 16.3. The summed E-state index contributed by atoms with van der Waals surface area (Å²) in [4.78, 5) is 4.69. The topological polar surface area (TPSA) is 97.9 Å². The molecule has 0 aliphatic rings. The van der Waals surface area contributed by atoms with Gasteiger partial charge in [-0.05, 0) is 19.4 Å². The molecule has 7 nitrogen and oxygen atoms in total. The van der Waals surface area contributed by atoms with Crippen molar-refractivity contribution in [1.82, 2.24) is 24.4 Å². The van der Waals surface area contributed by atoms with Crippen molar-refractivity contribution in [1.29, 1.82) is 5.41 Å². The molecule has 3 aromatic heterocycles. The molecule has 0 aliphatic carbocycles. The lowest BCUT2D eigenvalue weighted by Gasteiger charge is -2.10. The molecule has 1 atom stereocenters. The third-order valence-electron chi connectivity index (χ3n) is 4.05. The fraction of sp³-hybridized carbons (Fsp3) is 0.294. The Morgan fingerprint density at radius 2 is 2.21 bits per heavy atom. The molecule has 0 amide bonds. The van der Waals surface area contributed by atoms with Crippen molar-refractivity contribution in [3.8, 4) is 11.3 Å².